The molecule has 0 spiro atoms. The summed E-state index contributed by atoms with van der Waals surface area (Å²) in [5, 5.41) is 8.77. The zero-order chi connectivity index (χ0) is 12.1. The summed E-state index contributed by atoms with van der Waals surface area (Å²) in [5.41, 5.74) is 1.50. The second-order valence-electron chi connectivity index (χ2n) is 3.91. The van der Waals surface area contributed by atoms with Crippen LogP contribution < -0.4 is 0 Å². The van der Waals surface area contributed by atoms with Gasteiger partial charge in [-0.15, -0.1) is 12.4 Å². The Hall–Kier alpha value is -1.81. The number of carbonyl (C=O) groups is 1. The number of aryl methyl sites for hydroxylation is 2. The summed E-state index contributed by atoms with van der Waals surface area (Å²) >= 11 is 0. The molecule has 0 saturated heterocycles. The smallest absolute Gasteiger partial charge is 0.335 e. The number of hydrogen-bond acceptors (Lipinski definition) is 2. The molecule has 1 heterocycles. The molecule has 0 aliphatic rings. The average molecular weight is 267 g/mol. The highest BCUT2D eigenvalue weighted by molar-refractivity contribution is 5.87. The highest BCUT2D eigenvalue weighted by Crippen LogP contribution is 2.07. The largest absolute Gasteiger partial charge is 0.478 e. The number of rotatable bonds is 5. The average Bonchev–Trinajstić information content (AvgIpc) is 2.83. The molecule has 0 unspecified atom stereocenters. The lowest BCUT2D eigenvalue weighted by Gasteiger charge is -2.03. The first-order valence-corrected chi connectivity index (χ1v) is 5.54. The molecule has 0 aliphatic heterocycles. The van der Waals surface area contributed by atoms with Crippen LogP contribution in [0.3, 0.4) is 0 Å². The topological polar surface area (TPSA) is 55.1 Å². The standard InChI is InChI=1S/C13H14N2O2.ClH/c16-13(17)12-5-3-11(4-6-12)2-1-8-15-9-7-14-10-15;/h3-7,9-10H,1-2,8H2,(H,16,17);1H. The molecule has 2 aromatic rings. The molecule has 1 aromatic carbocycles. The molecule has 0 radical (unpaired) electrons. The van der Waals surface area contributed by atoms with E-state index in [1.165, 1.54) is 0 Å². The minimum Gasteiger partial charge on any atom is -0.478 e. The number of nitrogens with zero attached hydrogens (tertiary/aromatic N) is 2. The third-order valence-corrected chi connectivity index (χ3v) is 2.64. The Morgan fingerprint density at radius 1 is 1.28 bits per heavy atom. The van der Waals surface area contributed by atoms with Gasteiger partial charge >= 0.3 is 5.97 Å². The summed E-state index contributed by atoms with van der Waals surface area (Å²) in [5.74, 6) is -0.880. The van der Waals surface area contributed by atoms with Gasteiger partial charge in [-0.2, -0.15) is 0 Å². The molecule has 96 valence electrons. The normalized spacial score (nSPS) is 9.78. The number of benzene rings is 1. The second-order valence-corrected chi connectivity index (χ2v) is 3.91. The molecular formula is C13H15ClN2O2. The molecule has 1 N–H and O–H groups in total. The van der Waals surface area contributed by atoms with Gasteiger partial charge in [0.25, 0.3) is 0 Å². The van der Waals surface area contributed by atoms with Crippen molar-refractivity contribution in [1.82, 2.24) is 9.55 Å². The Morgan fingerprint density at radius 2 is 2.00 bits per heavy atom. The fourth-order valence-electron chi connectivity index (χ4n) is 1.70. The molecule has 0 bridgehead atoms. The molecule has 4 nitrogen and oxygen atoms in total. The van der Waals surface area contributed by atoms with Crippen LogP contribution in [0.1, 0.15) is 22.3 Å². The van der Waals surface area contributed by atoms with Crippen LogP contribution in [0.25, 0.3) is 0 Å². The van der Waals surface area contributed by atoms with Gasteiger partial charge in [-0.05, 0) is 30.5 Å². The maximum Gasteiger partial charge on any atom is 0.335 e. The van der Waals surface area contributed by atoms with E-state index in [1.807, 2.05) is 22.9 Å². The number of carboxylic acids is 1. The first-order valence-electron chi connectivity index (χ1n) is 5.54. The van der Waals surface area contributed by atoms with Gasteiger partial charge < -0.3 is 9.67 Å². The highest BCUT2D eigenvalue weighted by atomic mass is 35.5. The Balaban J connectivity index is 0.00000162. The van der Waals surface area contributed by atoms with Crippen molar-refractivity contribution in [3.8, 4) is 0 Å². The molecule has 0 saturated carbocycles. The monoisotopic (exact) mass is 266 g/mol. The maximum absolute atomic E-state index is 10.7. The third-order valence-electron chi connectivity index (χ3n) is 2.64. The first kappa shape index (κ1) is 14.3. The number of imidazole rings is 1. The van der Waals surface area contributed by atoms with E-state index >= 15 is 0 Å². The van der Waals surface area contributed by atoms with Gasteiger partial charge in [0.1, 0.15) is 0 Å². The summed E-state index contributed by atoms with van der Waals surface area (Å²) in [7, 11) is 0. The van der Waals surface area contributed by atoms with E-state index in [9.17, 15) is 4.79 Å². The van der Waals surface area contributed by atoms with Crippen LogP contribution in [0.2, 0.25) is 0 Å². The van der Waals surface area contributed by atoms with Crippen LogP contribution in [0.15, 0.2) is 43.0 Å². The van der Waals surface area contributed by atoms with Crippen LogP contribution in [0, 0.1) is 0 Å². The zero-order valence-electron chi connectivity index (χ0n) is 9.82. The molecular weight excluding hydrogens is 252 g/mol. The molecule has 18 heavy (non-hydrogen) atoms. The fourth-order valence-corrected chi connectivity index (χ4v) is 1.70. The molecule has 2 rings (SSSR count). The maximum atomic E-state index is 10.7. The predicted octanol–water partition coefficient (Wildman–Crippen LogP) is 2.64. The lowest BCUT2D eigenvalue weighted by atomic mass is 10.1. The van der Waals surface area contributed by atoms with Crippen molar-refractivity contribution in [2.75, 3.05) is 0 Å². The molecule has 0 fully saturated rings. The van der Waals surface area contributed by atoms with E-state index in [1.54, 1.807) is 24.7 Å². The quantitative estimate of drug-likeness (QED) is 0.905. The predicted molar refractivity (Wildman–Crippen MR) is 71.2 cm³/mol. The van der Waals surface area contributed by atoms with Crippen molar-refractivity contribution in [1.29, 1.82) is 0 Å². The van der Waals surface area contributed by atoms with Gasteiger partial charge in [-0.1, -0.05) is 12.1 Å². The second kappa shape index (κ2) is 6.81. The van der Waals surface area contributed by atoms with Crippen LogP contribution in [0.5, 0.6) is 0 Å². The number of aromatic nitrogens is 2. The van der Waals surface area contributed by atoms with Gasteiger partial charge in [0.15, 0.2) is 0 Å². The zero-order valence-corrected chi connectivity index (χ0v) is 10.6. The molecule has 1 aromatic heterocycles. The van der Waals surface area contributed by atoms with Crippen LogP contribution >= 0.6 is 12.4 Å². The Kier molecular flexibility index (Phi) is 5.39. The number of aromatic carboxylic acids is 1. The first-order chi connectivity index (χ1) is 8.25. The third kappa shape index (κ3) is 3.89. The van der Waals surface area contributed by atoms with Gasteiger partial charge in [-0.25, -0.2) is 9.78 Å². The lowest BCUT2D eigenvalue weighted by molar-refractivity contribution is 0.0697. The lowest BCUT2D eigenvalue weighted by Crippen LogP contribution is -1.98. The van der Waals surface area contributed by atoms with Gasteiger partial charge in [0, 0.05) is 18.9 Å². The minimum atomic E-state index is -0.880. The van der Waals surface area contributed by atoms with E-state index in [4.69, 9.17) is 5.11 Å². The summed E-state index contributed by atoms with van der Waals surface area (Å²) in [6.07, 6.45) is 7.46. The van der Waals surface area contributed by atoms with Crippen molar-refractivity contribution in [3.63, 3.8) is 0 Å². The van der Waals surface area contributed by atoms with Crippen molar-refractivity contribution in [2.45, 2.75) is 19.4 Å². The van der Waals surface area contributed by atoms with Crippen molar-refractivity contribution in [2.24, 2.45) is 0 Å². The van der Waals surface area contributed by atoms with E-state index in [0.29, 0.717) is 5.56 Å². The summed E-state index contributed by atoms with van der Waals surface area (Å²) in [4.78, 5) is 14.6. The fraction of sp³-hybridized carbons (Fsp3) is 0.231. The van der Waals surface area contributed by atoms with Gasteiger partial charge in [-0.3, -0.25) is 0 Å². The van der Waals surface area contributed by atoms with E-state index in [0.717, 1.165) is 24.9 Å². The van der Waals surface area contributed by atoms with Crippen LogP contribution in [-0.2, 0) is 13.0 Å². The Labute approximate surface area is 112 Å². The SMILES string of the molecule is Cl.O=C(O)c1ccc(CCCn2ccnc2)cc1. The number of carboxylic acid groups (broad SMARTS) is 1. The number of hydrogen-bond donors (Lipinski definition) is 1. The molecule has 5 heteroatoms. The molecule has 0 amide bonds. The molecule has 0 atom stereocenters. The summed E-state index contributed by atoms with van der Waals surface area (Å²) in [6.45, 7) is 0.931. The number of halogens is 1. The van der Waals surface area contributed by atoms with Gasteiger partial charge in [0.05, 0.1) is 11.9 Å². The van der Waals surface area contributed by atoms with Crippen molar-refractivity contribution in [3.05, 3.63) is 54.1 Å². The summed E-state index contributed by atoms with van der Waals surface area (Å²) < 4.78 is 2.03. The minimum absolute atomic E-state index is 0. The van der Waals surface area contributed by atoms with E-state index < -0.39 is 5.97 Å². The van der Waals surface area contributed by atoms with Crippen molar-refractivity contribution < 1.29 is 9.90 Å². The highest BCUT2D eigenvalue weighted by Gasteiger charge is 2.01. The van der Waals surface area contributed by atoms with Crippen LogP contribution in [-0.4, -0.2) is 20.6 Å². The van der Waals surface area contributed by atoms with Crippen molar-refractivity contribution >= 4 is 18.4 Å². The van der Waals surface area contributed by atoms with E-state index in [2.05, 4.69) is 4.98 Å². The Morgan fingerprint density at radius 3 is 2.56 bits per heavy atom. The van der Waals surface area contributed by atoms with Crippen LogP contribution in [0.4, 0.5) is 0 Å². The summed E-state index contributed by atoms with van der Waals surface area (Å²) in [6, 6.07) is 7.04. The van der Waals surface area contributed by atoms with Gasteiger partial charge in [0.2, 0.25) is 0 Å². The van der Waals surface area contributed by atoms with E-state index in [-0.39, 0.29) is 12.4 Å². The molecule has 0 aliphatic carbocycles. The Bertz CT molecular complexity index is 480.